The summed E-state index contributed by atoms with van der Waals surface area (Å²) in [5.41, 5.74) is 3.53. The first-order valence-corrected chi connectivity index (χ1v) is 11.3. The average Bonchev–Trinajstić information content (AvgIpc) is 3.47. The maximum absolute atomic E-state index is 13.2. The molecule has 9 nitrogen and oxygen atoms in total. The number of fused-ring (bicyclic) bond motifs is 3. The molecule has 3 aromatic rings. The van der Waals surface area contributed by atoms with Gasteiger partial charge in [0.25, 0.3) is 0 Å². The van der Waals surface area contributed by atoms with Gasteiger partial charge in [-0.25, -0.2) is 14.6 Å². The lowest BCUT2D eigenvalue weighted by Gasteiger charge is -2.34. The molecule has 3 N–H and O–H groups in total. The van der Waals surface area contributed by atoms with Crippen LogP contribution in [0.25, 0.3) is 11.1 Å². The second kappa shape index (κ2) is 9.61. The third-order valence-electron chi connectivity index (χ3n) is 6.61. The molecule has 1 atom stereocenters. The number of carbonyl (C=O) groups excluding carboxylic acids is 2. The lowest BCUT2D eigenvalue weighted by atomic mass is 9.98. The molecule has 1 heterocycles. The summed E-state index contributed by atoms with van der Waals surface area (Å²) in [7, 11) is 1.40. The van der Waals surface area contributed by atoms with E-state index in [1.54, 1.807) is 6.20 Å². The number of nitrogens with zero attached hydrogens (tertiary/aromatic N) is 2. The van der Waals surface area contributed by atoms with Crippen LogP contribution >= 0.6 is 0 Å². The number of aliphatic carboxylic acids is 1. The largest absolute Gasteiger partial charge is 0.480 e. The number of rotatable bonds is 8. The Morgan fingerprint density at radius 3 is 2.26 bits per heavy atom. The summed E-state index contributed by atoms with van der Waals surface area (Å²) < 4.78 is 5.59. The molecule has 0 saturated heterocycles. The molecule has 1 aliphatic carbocycles. The Labute approximate surface area is 203 Å². The van der Waals surface area contributed by atoms with Crippen LogP contribution in [0.3, 0.4) is 0 Å². The van der Waals surface area contributed by atoms with Gasteiger partial charge in [0.2, 0.25) is 5.91 Å². The number of likely N-dealkylation sites (N-methyl/N-ethyl adjacent to an activating group) is 1. The van der Waals surface area contributed by atoms with Gasteiger partial charge in [-0.2, -0.15) is 0 Å². The van der Waals surface area contributed by atoms with E-state index in [0.29, 0.717) is 5.69 Å². The molecule has 9 heteroatoms. The molecule has 1 unspecified atom stereocenters. The van der Waals surface area contributed by atoms with Crippen molar-refractivity contribution in [3.8, 4) is 11.1 Å². The van der Waals surface area contributed by atoms with Crippen LogP contribution in [-0.2, 0) is 20.7 Å². The highest BCUT2D eigenvalue weighted by Crippen LogP contribution is 2.44. The van der Waals surface area contributed by atoms with Gasteiger partial charge in [-0.1, -0.05) is 48.5 Å². The normalized spacial score (nSPS) is 13.5. The second-order valence-corrected chi connectivity index (χ2v) is 9.06. The molecule has 4 rings (SSSR count). The summed E-state index contributed by atoms with van der Waals surface area (Å²) in [6, 6.07) is 15.0. The molecule has 2 amide bonds. The summed E-state index contributed by atoms with van der Waals surface area (Å²) in [6.45, 7) is 2.95. The zero-order valence-electron chi connectivity index (χ0n) is 19.8. The predicted octanol–water partition coefficient (Wildman–Crippen LogP) is 3.18. The number of carbonyl (C=O) groups is 3. The number of aromatic amines is 1. The third-order valence-corrected chi connectivity index (χ3v) is 6.61. The van der Waals surface area contributed by atoms with Gasteiger partial charge in [0.15, 0.2) is 0 Å². The van der Waals surface area contributed by atoms with Crippen molar-refractivity contribution >= 4 is 18.0 Å². The number of aromatic nitrogens is 2. The van der Waals surface area contributed by atoms with E-state index in [-0.39, 0.29) is 18.9 Å². The number of amides is 2. The van der Waals surface area contributed by atoms with Crippen molar-refractivity contribution in [2.45, 2.75) is 37.8 Å². The first-order chi connectivity index (χ1) is 16.7. The van der Waals surface area contributed by atoms with Crippen LogP contribution in [0.5, 0.6) is 0 Å². The van der Waals surface area contributed by atoms with E-state index in [0.717, 1.165) is 27.2 Å². The molecular weight excluding hydrogens is 448 g/mol. The van der Waals surface area contributed by atoms with Gasteiger partial charge < -0.3 is 25.0 Å². The number of benzene rings is 2. The third kappa shape index (κ3) is 4.75. The minimum Gasteiger partial charge on any atom is -0.480 e. The molecule has 0 aliphatic heterocycles. The standard InChI is InChI=1S/C26H28N4O5/c1-26(2,24(32)33)30(3)23(31)22(12-16-13-27-15-28-16)29-25(34)35-14-21-19-10-6-4-8-17(19)18-9-5-7-11-20(18)21/h4-11,13,15,21-22H,12,14H2,1-3H3,(H,27,28)(H,29,34)(H,32,33). The molecule has 2 aromatic carbocycles. The van der Waals surface area contributed by atoms with Crippen molar-refractivity contribution in [2.75, 3.05) is 13.7 Å². The van der Waals surface area contributed by atoms with E-state index in [4.69, 9.17) is 4.74 Å². The topological polar surface area (TPSA) is 125 Å². The number of carboxylic acids is 1. The molecule has 0 radical (unpaired) electrons. The molecule has 0 fully saturated rings. The highest BCUT2D eigenvalue weighted by atomic mass is 16.5. The first-order valence-electron chi connectivity index (χ1n) is 11.3. The lowest BCUT2D eigenvalue weighted by Crippen LogP contribution is -2.57. The van der Waals surface area contributed by atoms with Crippen LogP contribution < -0.4 is 5.32 Å². The van der Waals surface area contributed by atoms with Crippen LogP contribution in [0, 0.1) is 0 Å². The van der Waals surface area contributed by atoms with E-state index in [9.17, 15) is 19.5 Å². The maximum atomic E-state index is 13.2. The lowest BCUT2D eigenvalue weighted by molar-refractivity contribution is -0.156. The average molecular weight is 477 g/mol. The van der Waals surface area contributed by atoms with E-state index in [2.05, 4.69) is 15.3 Å². The Bertz CT molecular complexity index is 1190. The Morgan fingerprint density at radius 2 is 1.71 bits per heavy atom. The number of hydrogen-bond acceptors (Lipinski definition) is 5. The molecule has 182 valence electrons. The predicted molar refractivity (Wildman–Crippen MR) is 129 cm³/mol. The van der Waals surface area contributed by atoms with Crippen LogP contribution in [-0.4, -0.2) is 63.2 Å². The second-order valence-electron chi connectivity index (χ2n) is 9.06. The zero-order valence-corrected chi connectivity index (χ0v) is 19.8. The van der Waals surface area contributed by atoms with Crippen molar-refractivity contribution < 1.29 is 24.2 Å². The van der Waals surface area contributed by atoms with Crippen molar-refractivity contribution in [3.05, 3.63) is 77.9 Å². The van der Waals surface area contributed by atoms with Crippen molar-refractivity contribution in [2.24, 2.45) is 0 Å². The van der Waals surface area contributed by atoms with Gasteiger partial charge in [-0.3, -0.25) is 4.79 Å². The van der Waals surface area contributed by atoms with Gasteiger partial charge >= 0.3 is 12.1 Å². The highest BCUT2D eigenvalue weighted by molar-refractivity contribution is 5.91. The quantitative estimate of drug-likeness (QED) is 0.459. The smallest absolute Gasteiger partial charge is 0.407 e. The molecule has 1 aromatic heterocycles. The van der Waals surface area contributed by atoms with E-state index in [1.165, 1.54) is 27.2 Å². The monoisotopic (exact) mass is 476 g/mol. The summed E-state index contributed by atoms with van der Waals surface area (Å²) in [5, 5.41) is 12.2. The SMILES string of the molecule is CN(C(=O)C(Cc1cnc[nH]1)NC(=O)OCC1c2ccccc2-c2ccccc21)C(C)(C)C(=O)O. The maximum Gasteiger partial charge on any atom is 0.407 e. The van der Waals surface area contributed by atoms with Crippen LogP contribution in [0.15, 0.2) is 61.1 Å². The minimum atomic E-state index is -1.47. The highest BCUT2D eigenvalue weighted by Gasteiger charge is 2.39. The molecular formula is C26H28N4O5. The Balaban J connectivity index is 1.49. The summed E-state index contributed by atoms with van der Waals surface area (Å²) >= 11 is 0. The molecule has 0 bridgehead atoms. The number of H-pyrrole nitrogens is 1. The van der Waals surface area contributed by atoms with Crippen molar-refractivity contribution in [1.82, 2.24) is 20.2 Å². The van der Waals surface area contributed by atoms with Gasteiger partial charge in [0, 0.05) is 31.3 Å². The van der Waals surface area contributed by atoms with Crippen molar-refractivity contribution in [3.63, 3.8) is 0 Å². The fraction of sp³-hybridized carbons (Fsp3) is 0.308. The van der Waals surface area contributed by atoms with Gasteiger partial charge in [-0.05, 0) is 36.1 Å². The van der Waals surface area contributed by atoms with E-state index >= 15 is 0 Å². The van der Waals surface area contributed by atoms with Crippen molar-refractivity contribution in [1.29, 1.82) is 0 Å². The number of hydrogen-bond donors (Lipinski definition) is 3. The van der Waals surface area contributed by atoms with Gasteiger partial charge in [0.05, 0.1) is 6.33 Å². The number of imidazole rings is 1. The van der Waals surface area contributed by atoms with E-state index < -0.39 is 29.6 Å². The van der Waals surface area contributed by atoms with Crippen LogP contribution in [0.2, 0.25) is 0 Å². The fourth-order valence-corrected chi connectivity index (χ4v) is 4.25. The molecule has 35 heavy (non-hydrogen) atoms. The summed E-state index contributed by atoms with van der Waals surface area (Å²) in [6.07, 6.45) is 2.35. The molecule has 1 aliphatic rings. The summed E-state index contributed by atoms with van der Waals surface area (Å²) in [5.74, 6) is -1.83. The number of ether oxygens (including phenoxy) is 1. The molecule has 0 saturated carbocycles. The number of nitrogens with one attached hydrogen (secondary N) is 2. The number of alkyl carbamates (subject to hydrolysis) is 1. The van der Waals surface area contributed by atoms with E-state index in [1.807, 2.05) is 48.5 Å². The summed E-state index contributed by atoms with van der Waals surface area (Å²) in [4.78, 5) is 45.7. The van der Waals surface area contributed by atoms with Gasteiger partial charge in [-0.15, -0.1) is 0 Å². The van der Waals surface area contributed by atoms with Crippen LogP contribution in [0.4, 0.5) is 4.79 Å². The fourth-order valence-electron chi connectivity index (χ4n) is 4.25. The van der Waals surface area contributed by atoms with Gasteiger partial charge in [0.1, 0.15) is 18.2 Å². The first kappa shape index (κ1) is 24.0. The Hall–Kier alpha value is -4.14. The minimum absolute atomic E-state index is 0.0985. The Kier molecular flexibility index (Phi) is 6.59. The Morgan fingerprint density at radius 1 is 1.11 bits per heavy atom. The van der Waals surface area contributed by atoms with Crippen LogP contribution in [0.1, 0.15) is 36.6 Å². The zero-order chi connectivity index (χ0) is 25.2. The molecule has 0 spiro atoms. The number of carboxylic acid groups (broad SMARTS) is 1.